The van der Waals surface area contributed by atoms with Crippen LogP contribution in [0.2, 0.25) is 0 Å². The molecule has 0 radical (unpaired) electrons. The number of carbonyl (C=O) groups excluding carboxylic acids is 1. The number of benzene rings is 1. The van der Waals surface area contributed by atoms with Crippen LogP contribution in [-0.4, -0.2) is 41.9 Å². The van der Waals surface area contributed by atoms with Gasteiger partial charge in [-0.05, 0) is 24.1 Å². The third-order valence-corrected chi connectivity index (χ3v) is 5.92. The van der Waals surface area contributed by atoms with E-state index in [-0.39, 0.29) is 25.5 Å². The van der Waals surface area contributed by atoms with Crippen molar-refractivity contribution in [3.63, 3.8) is 0 Å². The lowest BCUT2D eigenvalue weighted by atomic mass is 10.0. The Balaban J connectivity index is 1.94. The van der Waals surface area contributed by atoms with Gasteiger partial charge in [-0.3, -0.25) is 4.79 Å². The summed E-state index contributed by atoms with van der Waals surface area (Å²) in [5.74, 6) is -0.152. The van der Waals surface area contributed by atoms with Crippen LogP contribution in [-0.2, 0) is 11.2 Å². The van der Waals surface area contributed by atoms with Crippen LogP contribution in [0.1, 0.15) is 102 Å². The van der Waals surface area contributed by atoms with E-state index in [1.165, 1.54) is 89.9 Å². The minimum absolute atomic E-state index is 0.0775. The Kier molecular flexibility index (Phi) is 17.8. The summed E-state index contributed by atoms with van der Waals surface area (Å²) in [7, 11) is 0. The average molecular weight is 449 g/mol. The number of hydrogen-bond donors (Lipinski definition) is 4. The molecule has 0 saturated carbocycles. The topological polar surface area (TPSA) is 81.6 Å². The average Bonchev–Trinajstić information content (AvgIpc) is 2.81. The van der Waals surface area contributed by atoms with E-state index < -0.39 is 6.10 Å². The summed E-state index contributed by atoms with van der Waals surface area (Å²) in [4.78, 5) is 11.8. The van der Waals surface area contributed by atoms with Crippen LogP contribution in [0.3, 0.4) is 0 Å². The molecule has 0 saturated heterocycles. The molecule has 0 heterocycles. The Morgan fingerprint density at radius 1 is 0.812 bits per heavy atom. The number of hydrogen-bond acceptors (Lipinski definition) is 4. The van der Waals surface area contributed by atoms with E-state index in [9.17, 15) is 9.90 Å². The first-order valence-electron chi connectivity index (χ1n) is 13.0. The molecule has 1 aromatic carbocycles. The maximum absolute atomic E-state index is 11.8. The Hall–Kier alpha value is -1.59. The van der Waals surface area contributed by atoms with E-state index >= 15 is 0 Å². The van der Waals surface area contributed by atoms with Crippen molar-refractivity contribution in [2.45, 2.75) is 109 Å². The highest BCUT2D eigenvalue weighted by atomic mass is 16.3. The van der Waals surface area contributed by atoms with Crippen LogP contribution in [0.25, 0.3) is 0 Å². The SMILES string of the molecule is CCCCCCCCCCCCCCCCNc1ccc(CC(=O)NCC(O)CO)cc1. The molecule has 0 aromatic heterocycles. The molecule has 0 aliphatic heterocycles. The van der Waals surface area contributed by atoms with E-state index in [1.807, 2.05) is 24.3 Å². The first-order valence-corrected chi connectivity index (χ1v) is 13.0. The van der Waals surface area contributed by atoms with Crippen molar-refractivity contribution in [1.82, 2.24) is 5.32 Å². The molecular formula is C27H48N2O3. The van der Waals surface area contributed by atoms with Crippen molar-refractivity contribution >= 4 is 11.6 Å². The number of carbonyl (C=O) groups is 1. The van der Waals surface area contributed by atoms with Crippen LogP contribution >= 0.6 is 0 Å². The first-order chi connectivity index (χ1) is 15.7. The van der Waals surface area contributed by atoms with Crippen molar-refractivity contribution in [2.75, 3.05) is 25.0 Å². The highest BCUT2D eigenvalue weighted by Gasteiger charge is 2.06. The fourth-order valence-corrected chi connectivity index (χ4v) is 3.84. The molecule has 1 aromatic rings. The fraction of sp³-hybridized carbons (Fsp3) is 0.741. The van der Waals surface area contributed by atoms with Crippen molar-refractivity contribution in [3.8, 4) is 0 Å². The normalized spacial score (nSPS) is 12.0. The molecule has 1 unspecified atom stereocenters. The molecule has 5 heteroatoms. The summed E-state index contributed by atoms with van der Waals surface area (Å²) >= 11 is 0. The first kappa shape index (κ1) is 28.4. The van der Waals surface area contributed by atoms with Crippen LogP contribution < -0.4 is 10.6 Å². The highest BCUT2D eigenvalue weighted by molar-refractivity contribution is 5.78. The second-order valence-corrected chi connectivity index (χ2v) is 9.04. The third-order valence-electron chi connectivity index (χ3n) is 5.92. The molecule has 0 bridgehead atoms. The number of anilines is 1. The summed E-state index contributed by atoms with van der Waals surface area (Å²) in [6.45, 7) is 2.99. The summed E-state index contributed by atoms with van der Waals surface area (Å²) in [5, 5.41) is 24.1. The molecule has 0 aliphatic rings. The number of amides is 1. The number of aliphatic hydroxyl groups is 2. The standard InChI is InChI=1S/C27H48N2O3/c1-2-3-4-5-6-7-8-9-10-11-12-13-14-15-20-28-25-18-16-24(17-19-25)21-27(32)29-22-26(31)23-30/h16-19,26,28,30-31H,2-15,20-23H2,1H3,(H,29,32). The smallest absolute Gasteiger partial charge is 0.224 e. The van der Waals surface area contributed by atoms with Gasteiger partial charge in [-0.1, -0.05) is 103 Å². The van der Waals surface area contributed by atoms with E-state index in [0.29, 0.717) is 0 Å². The second-order valence-electron chi connectivity index (χ2n) is 9.04. The minimum Gasteiger partial charge on any atom is -0.394 e. The van der Waals surface area contributed by atoms with Crippen molar-refractivity contribution in [3.05, 3.63) is 29.8 Å². The number of rotatable bonds is 21. The van der Waals surface area contributed by atoms with E-state index in [0.717, 1.165) is 17.8 Å². The zero-order chi connectivity index (χ0) is 23.3. The Morgan fingerprint density at radius 3 is 1.81 bits per heavy atom. The summed E-state index contributed by atoms with van der Waals surface area (Å²) in [6, 6.07) is 7.93. The summed E-state index contributed by atoms with van der Waals surface area (Å²) in [6.07, 6.45) is 18.6. The van der Waals surface area contributed by atoms with E-state index in [1.54, 1.807) is 0 Å². The van der Waals surface area contributed by atoms with Crippen LogP contribution in [0.5, 0.6) is 0 Å². The number of nitrogens with one attached hydrogen (secondary N) is 2. The summed E-state index contributed by atoms with van der Waals surface area (Å²) in [5.41, 5.74) is 2.02. The Morgan fingerprint density at radius 2 is 1.31 bits per heavy atom. The maximum Gasteiger partial charge on any atom is 0.224 e. The molecule has 4 N–H and O–H groups in total. The number of unbranched alkanes of at least 4 members (excludes halogenated alkanes) is 13. The van der Waals surface area contributed by atoms with Gasteiger partial charge in [0.25, 0.3) is 0 Å². The van der Waals surface area contributed by atoms with E-state index in [2.05, 4.69) is 17.6 Å². The molecule has 184 valence electrons. The van der Waals surface area contributed by atoms with Crippen molar-refractivity contribution in [2.24, 2.45) is 0 Å². The molecule has 1 atom stereocenters. The Labute approximate surface area is 196 Å². The lowest BCUT2D eigenvalue weighted by molar-refractivity contribution is -0.121. The van der Waals surface area contributed by atoms with Crippen LogP contribution in [0.15, 0.2) is 24.3 Å². The molecule has 1 rings (SSSR count). The van der Waals surface area contributed by atoms with Gasteiger partial charge in [0.15, 0.2) is 0 Å². The van der Waals surface area contributed by atoms with Gasteiger partial charge in [0.05, 0.1) is 19.1 Å². The zero-order valence-electron chi connectivity index (χ0n) is 20.4. The van der Waals surface area contributed by atoms with Crippen molar-refractivity contribution in [1.29, 1.82) is 0 Å². The quantitative estimate of drug-likeness (QED) is 0.185. The van der Waals surface area contributed by atoms with Gasteiger partial charge in [0.2, 0.25) is 5.91 Å². The maximum atomic E-state index is 11.8. The van der Waals surface area contributed by atoms with Gasteiger partial charge in [-0.25, -0.2) is 0 Å². The highest BCUT2D eigenvalue weighted by Crippen LogP contribution is 2.14. The van der Waals surface area contributed by atoms with Crippen LogP contribution in [0.4, 0.5) is 5.69 Å². The minimum atomic E-state index is -0.902. The van der Waals surface area contributed by atoms with Gasteiger partial charge >= 0.3 is 0 Å². The van der Waals surface area contributed by atoms with E-state index in [4.69, 9.17) is 5.11 Å². The number of aliphatic hydroxyl groups excluding tert-OH is 2. The molecule has 5 nitrogen and oxygen atoms in total. The molecule has 0 spiro atoms. The lowest BCUT2D eigenvalue weighted by Crippen LogP contribution is -2.34. The summed E-state index contributed by atoms with van der Waals surface area (Å²) < 4.78 is 0. The predicted octanol–water partition coefficient (Wildman–Crippen LogP) is 5.59. The molecule has 0 fully saturated rings. The van der Waals surface area contributed by atoms with Gasteiger partial charge in [-0.2, -0.15) is 0 Å². The Bertz CT molecular complexity index is 563. The van der Waals surface area contributed by atoms with Gasteiger partial charge in [-0.15, -0.1) is 0 Å². The predicted molar refractivity (Wildman–Crippen MR) is 135 cm³/mol. The molecule has 1 amide bonds. The van der Waals surface area contributed by atoms with Gasteiger partial charge < -0.3 is 20.8 Å². The fourth-order valence-electron chi connectivity index (χ4n) is 3.84. The third kappa shape index (κ3) is 16.1. The van der Waals surface area contributed by atoms with Gasteiger partial charge in [0.1, 0.15) is 0 Å². The largest absolute Gasteiger partial charge is 0.394 e. The second kappa shape index (κ2) is 20.0. The monoisotopic (exact) mass is 448 g/mol. The van der Waals surface area contributed by atoms with Crippen LogP contribution in [0, 0.1) is 0 Å². The van der Waals surface area contributed by atoms with Crippen molar-refractivity contribution < 1.29 is 15.0 Å². The zero-order valence-corrected chi connectivity index (χ0v) is 20.4. The molecular weight excluding hydrogens is 400 g/mol. The lowest BCUT2D eigenvalue weighted by Gasteiger charge is -2.10. The molecule has 0 aliphatic carbocycles. The van der Waals surface area contributed by atoms with Gasteiger partial charge in [0, 0.05) is 18.8 Å². The molecule has 32 heavy (non-hydrogen) atoms.